The predicted octanol–water partition coefficient (Wildman–Crippen LogP) is 8.25. The summed E-state index contributed by atoms with van der Waals surface area (Å²) in [7, 11) is 0. The number of nitrogens with one attached hydrogen (secondary N) is 1. The number of hydrogen-bond donors (Lipinski definition) is 2. The summed E-state index contributed by atoms with van der Waals surface area (Å²) in [6.07, 6.45) is 28.2. The van der Waals surface area contributed by atoms with Gasteiger partial charge in [-0.25, -0.2) is 9.59 Å². The molecular weight excluding hydrogens is 642 g/mol. The molecule has 0 aromatic heterocycles. The molecule has 5 fully saturated rings. The van der Waals surface area contributed by atoms with Gasteiger partial charge in [-0.15, -0.1) is 0 Å². The third kappa shape index (κ3) is 11.9. The maximum Gasteiger partial charge on any atom is 0.330 e. The van der Waals surface area contributed by atoms with Crippen molar-refractivity contribution in [1.29, 1.82) is 0 Å². The normalized spacial score (nSPS) is 33.3. The molecule has 0 amide bonds. The minimum Gasteiger partial charge on any atom is -0.463 e. The molecule has 5 aliphatic rings. The fourth-order valence-electron chi connectivity index (χ4n) is 10.9. The smallest absolute Gasteiger partial charge is 0.330 e. The van der Waals surface area contributed by atoms with Gasteiger partial charge in [-0.3, -0.25) is 0 Å². The summed E-state index contributed by atoms with van der Waals surface area (Å²) in [5.74, 6) is 3.10. The topological polar surface area (TPSA) is 103 Å². The molecule has 5 rings (SSSR count). The molecule has 8 heteroatoms. The summed E-state index contributed by atoms with van der Waals surface area (Å²) in [5.41, 5.74) is -0.582. The van der Waals surface area contributed by atoms with E-state index in [0.29, 0.717) is 37.3 Å². The molecule has 0 aromatic carbocycles. The molecule has 0 spiro atoms. The molecular formula is C43H71NO7. The lowest BCUT2D eigenvalue weighted by atomic mass is 9.55. The molecule has 4 aliphatic carbocycles. The number of unbranched alkanes of at least 4 members (excludes halogenated alkanes) is 6. The van der Waals surface area contributed by atoms with E-state index in [2.05, 4.69) is 18.5 Å². The van der Waals surface area contributed by atoms with Crippen molar-refractivity contribution in [2.45, 2.75) is 165 Å². The molecule has 8 unspecified atom stereocenters. The third-order valence-corrected chi connectivity index (χ3v) is 13.7. The van der Waals surface area contributed by atoms with Gasteiger partial charge in [0.05, 0.1) is 31.0 Å². The lowest BCUT2D eigenvalue weighted by Gasteiger charge is -2.54. The van der Waals surface area contributed by atoms with Crippen molar-refractivity contribution in [1.82, 2.24) is 5.32 Å². The van der Waals surface area contributed by atoms with Gasteiger partial charge >= 0.3 is 11.9 Å². The zero-order chi connectivity index (χ0) is 35.9. The second-order valence-corrected chi connectivity index (χ2v) is 16.8. The fraction of sp³-hybridized carbons (Fsp3) is 0.860. The number of hydrogen-bond acceptors (Lipinski definition) is 8. The Kier molecular flexibility index (Phi) is 16.8. The van der Waals surface area contributed by atoms with E-state index in [0.717, 1.165) is 114 Å². The second kappa shape index (κ2) is 21.2. The number of fused-ring (bicyclic) bond motifs is 2. The zero-order valence-corrected chi connectivity index (χ0v) is 31.8. The van der Waals surface area contributed by atoms with Gasteiger partial charge in [-0.2, -0.15) is 0 Å². The highest BCUT2D eigenvalue weighted by molar-refractivity contribution is 5.81. The van der Waals surface area contributed by atoms with E-state index in [4.69, 9.17) is 18.9 Å². The van der Waals surface area contributed by atoms with E-state index >= 15 is 0 Å². The fourth-order valence-corrected chi connectivity index (χ4v) is 10.9. The first-order valence-electron chi connectivity index (χ1n) is 21.2. The van der Waals surface area contributed by atoms with Crippen LogP contribution in [0, 0.1) is 35.5 Å². The molecule has 1 aliphatic heterocycles. The van der Waals surface area contributed by atoms with E-state index < -0.39 is 5.60 Å². The SMILES string of the molecule is C=CC(=O)OCCCCCCOC1CCC2CC(C(O)(C3CCC4CC(OCCCCCCOC(=O)C=C)CCC4C3)[C@@H]3CCCN3)CCC2C1. The van der Waals surface area contributed by atoms with Crippen LogP contribution in [0.4, 0.5) is 0 Å². The van der Waals surface area contributed by atoms with Crippen LogP contribution in [0.2, 0.25) is 0 Å². The molecule has 2 N–H and O–H groups in total. The van der Waals surface area contributed by atoms with E-state index in [1.165, 1.54) is 82.8 Å². The highest BCUT2D eigenvalue weighted by Gasteiger charge is 2.54. The second-order valence-electron chi connectivity index (χ2n) is 16.8. The minimum atomic E-state index is -0.582. The average molecular weight is 714 g/mol. The summed E-state index contributed by atoms with van der Waals surface area (Å²) in [5, 5.41) is 16.8. The van der Waals surface area contributed by atoms with Gasteiger partial charge in [0.25, 0.3) is 0 Å². The van der Waals surface area contributed by atoms with E-state index in [9.17, 15) is 14.7 Å². The maximum absolute atomic E-state index is 13.0. The summed E-state index contributed by atoms with van der Waals surface area (Å²) < 4.78 is 22.9. The van der Waals surface area contributed by atoms with E-state index in [-0.39, 0.29) is 18.0 Å². The number of carbonyl (C=O) groups excluding carboxylic acids is 2. The van der Waals surface area contributed by atoms with Crippen molar-refractivity contribution < 1.29 is 33.6 Å². The maximum atomic E-state index is 13.0. The van der Waals surface area contributed by atoms with Crippen LogP contribution < -0.4 is 5.32 Å². The molecule has 0 bridgehead atoms. The van der Waals surface area contributed by atoms with Crippen molar-refractivity contribution in [3.05, 3.63) is 25.3 Å². The third-order valence-electron chi connectivity index (χ3n) is 13.7. The molecule has 290 valence electrons. The molecule has 1 heterocycles. The first kappa shape index (κ1) is 40.4. The van der Waals surface area contributed by atoms with Crippen LogP contribution in [-0.2, 0) is 28.5 Å². The lowest BCUT2D eigenvalue weighted by Crippen LogP contribution is -2.60. The van der Waals surface area contributed by atoms with Gasteiger partial charge in [0.1, 0.15) is 0 Å². The van der Waals surface area contributed by atoms with Gasteiger partial charge in [-0.1, -0.05) is 26.0 Å². The minimum absolute atomic E-state index is 0.253. The number of carbonyl (C=O) groups is 2. The Morgan fingerprint density at radius 2 is 1.02 bits per heavy atom. The van der Waals surface area contributed by atoms with Crippen molar-refractivity contribution >= 4 is 11.9 Å². The van der Waals surface area contributed by atoms with Crippen LogP contribution in [0.5, 0.6) is 0 Å². The molecule has 9 atom stereocenters. The predicted molar refractivity (Wildman–Crippen MR) is 201 cm³/mol. The van der Waals surface area contributed by atoms with Gasteiger partial charge < -0.3 is 29.4 Å². The average Bonchev–Trinajstić information content (AvgIpc) is 3.72. The van der Waals surface area contributed by atoms with E-state index in [1.54, 1.807) is 0 Å². The van der Waals surface area contributed by atoms with Crippen molar-refractivity contribution in [2.24, 2.45) is 35.5 Å². The Hall–Kier alpha value is -1.74. The first-order valence-corrected chi connectivity index (χ1v) is 21.2. The monoisotopic (exact) mass is 714 g/mol. The van der Waals surface area contributed by atoms with Crippen molar-refractivity contribution in [3.8, 4) is 0 Å². The van der Waals surface area contributed by atoms with Crippen molar-refractivity contribution in [2.75, 3.05) is 33.0 Å². The van der Waals surface area contributed by atoms with Crippen LogP contribution in [0.1, 0.15) is 141 Å². The van der Waals surface area contributed by atoms with Crippen LogP contribution in [0.3, 0.4) is 0 Å². The Morgan fingerprint density at radius 3 is 1.45 bits per heavy atom. The largest absolute Gasteiger partial charge is 0.463 e. The Bertz CT molecular complexity index is 1000. The molecule has 1 saturated heterocycles. The zero-order valence-electron chi connectivity index (χ0n) is 31.8. The van der Waals surface area contributed by atoms with Crippen LogP contribution in [0.25, 0.3) is 0 Å². The highest BCUT2D eigenvalue weighted by atomic mass is 16.5. The quantitative estimate of drug-likeness (QED) is 0.0697. The van der Waals surface area contributed by atoms with E-state index in [1.807, 2.05) is 0 Å². The summed E-state index contributed by atoms with van der Waals surface area (Å²) in [6.45, 7) is 10.5. The number of rotatable bonds is 21. The molecule has 4 saturated carbocycles. The van der Waals surface area contributed by atoms with Crippen molar-refractivity contribution in [3.63, 3.8) is 0 Å². The highest BCUT2D eigenvalue weighted by Crippen LogP contribution is 2.54. The molecule has 8 nitrogen and oxygen atoms in total. The summed E-state index contributed by atoms with van der Waals surface area (Å²) in [6, 6.07) is 0.253. The number of ether oxygens (including phenoxy) is 4. The van der Waals surface area contributed by atoms with Gasteiger partial charge in [0, 0.05) is 31.4 Å². The number of aliphatic hydroxyl groups is 1. The van der Waals surface area contributed by atoms with Gasteiger partial charge in [0.15, 0.2) is 0 Å². The standard InChI is InChI=1S/C43H71NO7/c1-3-41(45)50-26-11-7-5-9-24-48-38-21-17-32-28-36(19-15-34(32)30-38)43(47,40-14-13-23-44-40)37-20-16-35-31-39(22-18-33(35)29-37)49-25-10-6-8-12-27-51-42(46)4-2/h3-4,32-40,44,47H,1-2,5-31H2/t32?,33?,34?,35?,36?,37?,38?,39?,40-,43?/m0/s1. The first-order chi connectivity index (χ1) is 24.9. The summed E-state index contributed by atoms with van der Waals surface area (Å²) >= 11 is 0. The number of esters is 2. The van der Waals surface area contributed by atoms with Crippen LogP contribution >= 0.6 is 0 Å². The summed E-state index contributed by atoms with van der Waals surface area (Å²) in [4.78, 5) is 22.3. The Balaban J connectivity index is 1.01. The molecule has 0 aromatic rings. The van der Waals surface area contributed by atoms with Crippen LogP contribution in [0.15, 0.2) is 25.3 Å². The molecule has 51 heavy (non-hydrogen) atoms. The van der Waals surface area contributed by atoms with Gasteiger partial charge in [0.2, 0.25) is 0 Å². The Labute approximate surface area is 309 Å². The van der Waals surface area contributed by atoms with Gasteiger partial charge in [-0.05, 0) is 170 Å². The van der Waals surface area contributed by atoms with Crippen LogP contribution in [-0.4, -0.2) is 73.9 Å². The Morgan fingerprint density at radius 1 is 0.588 bits per heavy atom. The molecule has 0 radical (unpaired) electrons. The lowest BCUT2D eigenvalue weighted by molar-refractivity contribution is -0.143.